The molecule has 2 N–H and O–H groups in total. The summed E-state index contributed by atoms with van der Waals surface area (Å²) in [6, 6.07) is 0. The summed E-state index contributed by atoms with van der Waals surface area (Å²) < 4.78 is 0. The first kappa shape index (κ1) is 12.2. The summed E-state index contributed by atoms with van der Waals surface area (Å²) >= 11 is 0. The van der Waals surface area contributed by atoms with Gasteiger partial charge in [0.05, 0.1) is 0 Å². The van der Waals surface area contributed by atoms with Gasteiger partial charge < -0.3 is 10.6 Å². The van der Waals surface area contributed by atoms with Crippen LogP contribution in [-0.4, -0.2) is 23.8 Å². The van der Waals surface area contributed by atoms with E-state index >= 15 is 0 Å². The van der Waals surface area contributed by atoms with Crippen molar-refractivity contribution >= 4 is 11.8 Å². The summed E-state index contributed by atoms with van der Waals surface area (Å²) in [5, 5.41) is 0. The van der Waals surface area contributed by atoms with Gasteiger partial charge in [-0.05, 0) is 12.2 Å². The third kappa shape index (κ3) is 3.71. The third-order valence-electron chi connectivity index (χ3n) is 1.58. The number of hydrogen-bond donors (Lipinski definition) is 1. The highest BCUT2D eigenvalue weighted by molar-refractivity contribution is 5.96. The van der Waals surface area contributed by atoms with Gasteiger partial charge in [0, 0.05) is 12.7 Å². The standard InChI is InChI=1S/C10H14N2O2/c1-4-6-8(5-2)12(3)10(14)7-9(11)13/h4-6H,1-2,7H2,3H3,(H2,11,13)/b8-6+. The van der Waals surface area contributed by atoms with Crippen molar-refractivity contribution in [1.29, 1.82) is 0 Å². The van der Waals surface area contributed by atoms with E-state index < -0.39 is 5.91 Å². The lowest BCUT2D eigenvalue weighted by atomic mass is 10.3. The number of nitrogens with zero attached hydrogens (tertiary/aromatic N) is 1. The molecular formula is C10H14N2O2. The average Bonchev–Trinajstić information content (AvgIpc) is 2.12. The Morgan fingerprint density at radius 3 is 2.36 bits per heavy atom. The van der Waals surface area contributed by atoms with Crippen LogP contribution in [-0.2, 0) is 9.59 Å². The van der Waals surface area contributed by atoms with Gasteiger partial charge in [-0.3, -0.25) is 9.59 Å². The molecule has 0 fully saturated rings. The van der Waals surface area contributed by atoms with Gasteiger partial charge in [0.15, 0.2) is 0 Å². The summed E-state index contributed by atoms with van der Waals surface area (Å²) in [6.45, 7) is 7.03. The maximum Gasteiger partial charge on any atom is 0.236 e. The molecule has 0 aliphatic carbocycles. The van der Waals surface area contributed by atoms with Crippen molar-refractivity contribution in [3.05, 3.63) is 37.1 Å². The second-order valence-electron chi connectivity index (χ2n) is 2.63. The van der Waals surface area contributed by atoms with E-state index in [-0.39, 0.29) is 12.3 Å². The molecule has 0 aromatic rings. The van der Waals surface area contributed by atoms with E-state index in [2.05, 4.69) is 13.2 Å². The fourth-order valence-corrected chi connectivity index (χ4v) is 0.849. The highest BCUT2D eigenvalue weighted by Crippen LogP contribution is 2.04. The van der Waals surface area contributed by atoms with E-state index in [9.17, 15) is 9.59 Å². The van der Waals surface area contributed by atoms with E-state index in [0.717, 1.165) is 0 Å². The molecule has 0 aliphatic heterocycles. The Bertz CT molecular complexity index is 292. The van der Waals surface area contributed by atoms with Crippen molar-refractivity contribution in [2.45, 2.75) is 6.42 Å². The Morgan fingerprint density at radius 1 is 1.43 bits per heavy atom. The monoisotopic (exact) mass is 194 g/mol. The van der Waals surface area contributed by atoms with E-state index in [4.69, 9.17) is 5.73 Å². The van der Waals surface area contributed by atoms with Crippen LogP contribution in [0.25, 0.3) is 0 Å². The van der Waals surface area contributed by atoms with Crippen molar-refractivity contribution in [3.8, 4) is 0 Å². The number of allylic oxidation sites excluding steroid dienone is 3. The summed E-state index contributed by atoms with van der Waals surface area (Å²) in [5.41, 5.74) is 5.47. The van der Waals surface area contributed by atoms with E-state index in [1.165, 1.54) is 17.1 Å². The zero-order valence-electron chi connectivity index (χ0n) is 8.19. The Balaban J connectivity index is 4.58. The molecule has 76 valence electrons. The lowest BCUT2D eigenvalue weighted by Crippen LogP contribution is -2.29. The Labute approximate surface area is 83.4 Å². The molecule has 14 heavy (non-hydrogen) atoms. The van der Waals surface area contributed by atoms with Crippen molar-refractivity contribution in [3.63, 3.8) is 0 Å². The van der Waals surface area contributed by atoms with Gasteiger partial charge in [0.2, 0.25) is 11.8 Å². The maximum absolute atomic E-state index is 11.3. The van der Waals surface area contributed by atoms with Gasteiger partial charge in [0.1, 0.15) is 6.42 Å². The average molecular weight is 194 g/mol. The molecule has 0 radical (unpaired) electrons. The number of likely N-dealkylation sites (N-methyl/N-ethyl adjacent to an activating group) is 1. The molecule has 2 amide bonds. The minimum Gasteiger partial charge on any atom is -0.369 e. The number of amides is 2. The van der Waals surface area contributed by atoms with Crippen LogP contribution in [0.3, 0.4) is 0 Å². The van der Waals surface area contributed by atoms with Crippen molar-refractivity contribution in [1.82, 2.24) is 4.90 Å². The molecule has 0 aromatic heterocycles. The predicted molar refractivity (Wildman–Crippen MR) is 55.1 cm³/mol. The lowest BCUT2D eigenvalue weighted by Gasteiger charge is -2.16. The summed E-state index contributed by atoms with van der Waals surface area (Å²) in [4.78, 5) is 23.1. The molecular weight excluding hydrogens is 180 g/mol. The maximum atomic E-state index is 11.3. The van der Waals surface area contributed by atoms with Crippen LogP contribution in [0.1, 0.15) is 6.42 Å². The van der Waals surface area contributed by atoms with Gasteiger partial charge in [-0.15, -0.1) is 0 Å². The van der Waals surface area contributed by atoms with Crippen LogP contribution in [0.4, 0.5) is 0 Å². The van der Waals surface area contributed by atoms with Crippen LogP contribution in [0, 0.1) is 0 Å². The van der Waals surface area contributed by atoms with Crippen molar-refractivity contribution < 1.29 is 9.59 Å². The molecule has 0 spiro atoms. The quantitative estimate of drug-likeness (QED) is 0.514. The SMILES string of the molecule is C=C/C=C(\C=C)N(C)C(=O)CC(N)=O. The van der Waals surface area contributed by atoms with Gasteiger partial charge in [-0.2, -0.15) is 0 Å². The first-order valence-corrected chi connectivity index (χ1v) is 4.03. The predicted octanol–water partition coefficient (Wildman–Crippen LogP) is 0.576. The Kier molecular flexibility index (Phi) is 4.99. The molecule has 0 saturated carbocycles. The second-order valence-corrected chi connectivity index (χ2v) is 2.63. The summed E-state index contributed by atoms with van der Waals surface area (Å²) in [7, 11) is 1.54. The summed E-state index contributed by atoms with van der Waals surface area (Å²) in [6.07, 6.45) is 4.34. The largest absolute Gasteiger partial charge is 0.369 e. The number of carbonyl (C=O) groups is 2. The lowest BCUT2D eigenvalue weighted by molar-refractivity contribution is -0.132. The van der Waals surface area contributed by atoms with Gasteiger partial charge in [-0.25, -0.2) is 0 Å². The number of rotatable bonds is 5. The zero-order chi connectivity index (χ0) is 11.1. The van der Waals surface area contributed by atoms with E-state index in [0.29, 0.717) is 5.70 Å². The molecule has 0 aromatic carbocycles. The first-order chi connectivity index (χ1) is 6.52. The fraction of sp³-hybridized carbons (Fsp3) is 0.200. The van der Waals surface area contributed by atoms with Crippen LogP contribution < -0.4 is 5.73 Å². The van der Waals surface area contributed by atoms with E-state index in [1.54, 1.807) is 13.1 Å². The molecule has 0 saturated heterocycles. The molecule has 0 unspecified atom stereocenters. The molecule has 0 atom stereocenters. The normalized spacial score (nSPS) is 10.5. The summed E-state index contributed by atoms with van der Waals surface area (Å²) in [5.74, 6) is -1.02. The topological polar surface area (TPSA) is 63.4 Å². The van der Waals surface area contributed by atoms with Gasteiger partial charge >= 0.3 is 0 Å². The fourth-order valence-electron chi connectivity index (χ4n) is 0.849. The van der Waals surface area contributed by atoms with Crippen molar-refractivity contribution in [2.75, 3.05) is 7.05 Å². The molecule has 4 nitrogen and oxygen atoms in total. The molecule has 0 aliphatic rings. The highest BCUT2D eigenvalue weighted by atomic mass is 16.2. The molecule has 0 bridgehead atoms. The van der Waals surface area contributed by atoms with Crippen LogP contribution >= 0.6 is 0 Å². The van der Waals surface area contributed by atoms with Crippen LogP contribution in [0.2, 0.25) is 0 Å². The second kappa shape index (κ2) is 5.75. The zero-order valence-corrected chi connectivity index (χ0v) is 8.19. The van der Waals surface area contributed by atoms with Gasteiger partial charge in [0.25, 0.3) is 0 Å². The van der Waals surface area contributed by atoms with E-state index in [1.807, 2.05) is 0 Å². The number of nitrogens with two attached hydrogens (primary N) is 1. The molecule has 0 heterocycles. The molecule has 4 heteroatoms. The Hall–Kier alpha value is -1.84. The number of carbonyl (C=O) groups excluding carboxylic acids is 2. The van der Waals surface area contributed by atoms with Crippen LogP contribution in [0.15, 0.2) is 37.1 Å². The first-order valence-electron chi connectivity index (χ1n) is 4.03. The third-order valence-corrected chi connectivity index (χ3v) is 1.58. The Morgan fingerprint density at radius 2 is 2.00 bits per heavy atom. The minimum atomic E-state index is -0.649. The number of primary amides is 1. The van der Waals surface area contributed by atoms with Crippen LogP contribution in [0.5, 0.6) is 0 Å². The smallest absolute Gasteiger partial charge is 0.236 e. The minimum absolute atomic E-state index is 0.307. The van der Waals surface area contributed by atoms with Crippen molar-refractivity contribution in [2.24, 2.45) is 5.73 Å². The van der Waals surface area contributed by atoms with Gasteiger partial charge in [-0.1, -0.05) is 19.2 Å². The molecule has 0 rings (SSSR count). The number of hydrogen-bond acceptors (Lipinski definition) is 2. The highest BCUT2D eigenvalue weighted by Gasteiger charge is 2.12.